The van der Waals surface area contributed by atoms with E-state index in [1.807, 2.05) is 42.6 Å². The predicted molar refractivity (Wildman–Crippen MR) is 105 cm³/mol. The lowest BCUT2D eigenvalue weighted by Crippen LogP contribution is -1.96. The Morgan fingerprint density at radius 3 is 2.79 bits per heavy atom. The smallest absolute Gasteiger partial charge is 0.333 e. The normalized spacial score (nSPS) is 11.7. The molecular weight excluding hydrogens is 386 g/mol. The highest BCUT2D eigenvalue weighted by Crippen LogP contribution is 2.30. The standard InChI is InChI=1S/C19H13ClF2N6/c20-14-6-12(7-16-13(14)3-4-23-16)25-19-26-15-2-1-10(5-17(15)27-19)11-8-24-28(9-11)18(21)22/h1-9,18,23H,(H2,25,26,27). The Hall–Kier alpha value is -3.39. The number of aromatic amines is 2. The van der Waals surface area contributed by atoms with E-state index in [1.54, 1.807) is 0 Å². The van der Waals surface area contributed by atoms with E-state index in [4.69, 9.17) is 11.6 Å². The van der Waals surface area contributed by atoms with E-state index in [0.717, 1.165) is 33.2 Å². The second-order valence-corrected chi connectivity index (χ2v) is 6.73. The molecule has 0 aliphatic heterocycles. The number of alkyl halides is 2. The Morgan fingerprint density at radius 1 is 1.07 bits per heavy atom. The van der Waals surface area contributed by atoms with E-state index < -0.39 is 6.55 Å². The van der Waals surface area contributed by atoms with Crippen molar-refractivity contribution in [2.24, 2.45) is 0 Å². The van der Waals surface area contributed by atoms with E-state index in [0.29, 0.717) is 21.2 Å². The van der Waals surface area contributed by atoms with Crippen molar-refractivity contribution in [1.82, 2.24) is 24.7 Å². The van der Waals surface area contributed by atoms with Crippen LogP contribution >= 0.6 is 11.6 Å². The minimum Gasteiger partial charge on any atom is -0.361 e. The summed E-state index contributed by atoms with van der Waals surface area (Å²) >= 11 is 6.31. The Morgan fingerprint density at radius 2 is 1.96 bits per heavy atom. The number of imidazole rings is 1. The number of fused-ring (bicyclic) bond motifs is 2. The van der Waals surface area contributed by atoms with Crippen LogP contribution in [0.4, 0.5) is 20.4 Å². The highest BCUT2D eigenvalue weighted by atomic mass is 35.5. The SMILES string of the molecule is FC(F)n1cc(-c2ccc3nc(Nc4cc(Cl)c5cc[nH]c5c4)[nH]c3c2)cn1. The van der Waals surface area contributed by atoms with Crippen molar-refractivity contribution in [2.75, 3.05) is 5.32 Å². The van der Waals surface area contributed by atoms with Crippen molar-refractivity contribution < 1.29 is 8.78 Å². The third kappa shape index (κ3) is 2.87. The summed E-state index contributed by atoms with van der Waals surface area (Å²) in [5.74, 6) is 0.553. The van der Waals surface area contributed by atoms with E-state index >= 15 is 0 Å². The molecule has 140 valence electrons. The predicted octanol–water partition coefficient (Wildman–Crippen LogP) is 5.70. The number of hydrogen-bond acceptors (Lipinski definition) is 3. The molecule has 0 unspecified atom stereocenters. The van der Waals surface area contributed by atoms with Crippen molar-refractivity contribution in [2.45, 2.75) is 6.55 Å². The molecule has 0 aliphatic carbocycles. The Kier molecular flexibility index (Phi) is 3.80. The van der Waals surface area contributed by atoms with Crippen molar-refractivity contribution in [1.29, 1.82) is 0 Å². The van der Waals surface area contributed by atoms with Crippen LogP contribution in [0.15, 0.2) is 55.0 Å². The summed E-state index contributed by atoms with van der Waals surface area (Å²) in [5, 5.41) is 8.47. The summed E-state index contributed by atoms with van der Waals surface area (Å²) in [6, 6.07) is 11.2. The molecule has 5 aromatic rings. The van der Waals surface area contributed by atoms with Crippen molar-refractivity contribution in [3.8, 4) is 11.1 Å². The van der Waals surface area contributed by atoms with Crippen molar-refractivity contribution >= 4 is 45.2 Å². The van der Waals surface area contributed by atoms with Crippen LogP contribution in [0.1, 0.15) is 6.55 Å². The lowest BCUT2D eigenvalue weighted by Gasteiger charge is -2.04. The van der Waals surface area contributed by atoms with Gasteiger partial charge in [-0.3, -0.25) is 0 Å². The third-order valence-electron chi connectivity index (χ3n) is 4.50. The van der Waals surface area contributed by atoms with Gasteiger partial charge in [0.2, 0.25) is 5.95 Å². The maximum Gasteiger partial charge on any atom is 0.333 e. The average molecular weight is 399 g/mol. The van der Waals surface area contributed by atoms with Crippen LogP contribution in [0.2, 0.25) is 5.02 Å². The number of halogens is 3. The fourth-order valence-corrected chi connectivity index (χ4v) is 3.45. The largest absolute Gasteiger partial charge is 0.361 e. The minimum absolute atomic E-state index is 0.553. The maximum atomic E-state index is 12.7. The van der Waals surface area contributed by atoms with Crippen LogP contribution in [0.25, 0.3) is 33.1 Å². The van der Waals surface area contributed by atoms with E-state index in [2.05, 4.69) is 25.4 Å². The molecule has 5 rings (SSSR count). The molecule has 0 saturated heterocycles. The molecule has 28 heavy (non-hydrogen) atoms. The number of anilines is 2. The first-order valence-corrected chi connectivity index (χ1v) is 8.81. The molecule has 0 saturated carbocycles. The van der Waals surface area contributed by atoms with Gasteiger partial charge in [0.15, 0.2) is 0 Å². The van der Waals surface area contributed by atoms with Gasteiger partial charge in [-0.15, -0.1) is 0 Å². The lowest BCUT2D eigenvalue weighted by atomic mass is 10.1. The van der Waals surface area contributed by atoms with Crippen LogP contribution in [0.5, 0.6) is 0 Å². The summed E-state index contributed by atoms with van der Waals surface area (Å²) in [6.45, 7) is -2.66. The second-order valence-electron chi connectivity index (χ2n) is 6.33. The van der Waals surface area contributed by atoms with Crippen LogP contribution in [-0.2, 0) is 0 Å². The quantitative estimate of drug-likeness (QED) is 0.363. The van der Waals surface area contributed by atoms with Gasteiger partial charge in [0.1, 0.15) is 0 Å². The van der Waals surface area contributed by atoms with Crippen LogP contribution < -0.4 is 5.32 Å². The van der Waals surface area contributed by atoms with E-state index in [9.17, 15) is 8.78 Å². The summed E-state index contributed by atoms with van der Waals surface area (Å²) in [4.78, 5) is 10.8. The summed E-state index contributed by atoms with van der Waals surface area (Å²) < 4.78 is 26.1. The van der Waals surface area contributed by atoms with Crippen LogP contribution in [0.3, 0.4) is 0 Å². The molecule has 0 atom stereocenters. The monoisotopic (exact) mass is 398 g/mol. The molecule has 3 heterocycles. The number of benzene rings is 2. The minimum atomic E-state index is -2.66. The maximum absolute atomic E-state index is 12.7. The number of hydrogen-bond donors (Lipinski definition) is 3. The Labute approximate surface area is 162 Å². The first kappa shape index (κ1) is 16.8. The highest BCUT2D eigenvalue weighted by Gasteiger charge is 2.11. The second kappa shape index (κ2) is 6.35. The van der Waals surface area contributed by atoms with Gasteiger partial charge in [0, 0.05) is 34.5 Å². The zero-order valence-corrected chi connectivity index (χ0v) is 15.0. The molecule has 2 aromatic carbocycles. The number of aromatic nitrogens is 5. The van der Waals surface area contributed by atoms with Crippen LogP contribution in [0, 0.1) is 0 Å². The molecule has 0 aliphatic rings. The van der Waals surface area contributed by atoms with Crippen molar-refractivity contribution in [3.05, 3.63) is 60.0 Å². The van der Waals surface area contributed by atoms with Crippen LogP contribution in [-0.4, -0.2) is 24.7 Å². The average Bonchev–Trinajstić information content (AvgIpc) is 3.39. The van der Waals surface area contributed by atoms with Gasteiger partial charge in [-0.2, -0.15) is 13.9 Å². The topological polar surface area (TPSA) is 74.3 Å². The molecule has 0 amide bonds. The molecule has 0 radical (unpaired) electrons. The van der Waals surface area contributed by atoms with Gasteiger partial charge >= 0.3 is 6.55 Å². The first-order valence-electron chi connectivity index (χ1n) is 8.43. The lowest BCUT2D eigenvalue weighted by molar-refractivity contribution is 0.0566. The molecular formula is C19H13ClF2N6. The van der Waals surface area contributed by atoms with Gasteiger partial charge in [-0.1, -0.05) is 17.7 Å². The van der Waals surface area contributed by atoms with Gasteiger partial charge in [0.05, 0.1) is 22.3 Å². The summed E-state index contributed by atoms with van der Waals surface area (Å²) in [6.07, 6.45) is 4.56. The number of nitrogens with zero attached hydrogens (tertiary/aromatic N) is 3. The van der Waals surface area contributed by atoms with Gasteiger partial charge < -0.3 is 15.3 Å². The van der Waals surface area contributed by atoms with Crippen molar-refractivity contribution in [3.63, 3.8) is 0 Å². The summed E-state index contributed by atoms with van der Waals surface area (Å²) in [5.41, 5.74) is 4.61. The molecule has 0 fully saturated rings. The van der Waals surface area contributed by atoms with Gasteiger partial charge in [0.25, 0.3) is 0 Å². The number of nitrogens with one attached hydrogen (secondary N) is 3. The molecule has 0 spiro atoms. The fourth-order valence-electron chi connectivity index (χ4n) is 3.17. The Balaban J connectivity index is 1.47. The molecule has 9 heteroatoms. The van der Waals surface area contributed by atoms with E-state index in [-0.39, 0.29) is 0 Å². The molecule has 6 nitrogen and oxygen atoms in total. The zero-order chi connectivity index (χ0) is 19.3. The third-order valence-corrected chi connectivity index (χ3v) is 4.81. The van der Waals surface area contributed by atoms with Gasteiger partial charge in [-0.25, -0.2) is 9.67 Å². The molecule has 3 N–H and O–H groups in total. The first-order chi connectivity index (χ1) is 13.6. The molecule has 0 bridgehead atoms. The number of H-pyrrole nitrogens is 2. The molecule has 3 aromatic heterocycles. The zero-order valence-electron chi connectivity index (χ0n) is 14.2. The summed E-state index contributed by atoms with van der Waals surface area (Å²) in [7, 11) is 0. The van der Waals surface area contributed by atoms with E-state index in [1.165, 1.54) is 12.4 Å². The van der Waals surface area contributed by atoms with Gasteiger partial charge in [-0.05, 0) is 35.9 Å². The Bertz CT molecular complexity index is 1300. The highest BCUT2D eigenvalue weighted by molar-refractivity contribution is 6.35. The number of rotatable bonds is 4. The fraction of sp³-hybridized carbons (Fsp3) is 0.0526.